The summed E-state index contributed by atoms with van der Waals surface area (Å²) < 4.78 is 61.4. The number of nitrogens with zero attached hydrogens (tertiary/aromatic N) is 4. The summed E-state index contributed by atoms with van der Waals surface area (Å²) in [6.45, 7) is 1.23. The third-order valence-electron chi connectivity index (χ3n) is 3.52. The largest absolute Gasteiger partial charge is 0.573 e. The van der Waals surface area contributed by atoms with E-state index in [4.69, 9.17) is 4.74 Å². The number of aromatic nitrogens is 4. The highest BCUT2D eigenvalue weighted by Gasteiger charge is 2.32. The molecule has 10 heteroatoms. The molecule has 2 aromatic heterocycles. The fourth-order valence-electron chi connectivity index (χ4n) is 2.44. The highest BCUT2D eigenvalue weighted by atomic mass is 19.4. The van der Waals surface area contributed by atoms with Crippen LogP contribution in [0, 0.1) is 0 Å². The first-order valence-corrected chi connectivity index (χ1v) is 7.53. The van der Waals surface area contributed by atoms with Crippen molar-refractivity contribution >= 4 is 5.65 Å². The van der Waals surface area contributed by atoms with Crippen LogP contribution in [0.2, 0.25) is 0 Å². The van der Waals surface area contributed by atoms with E-state index in [2.05, 4.69) is 20.0 Å². The number of ether oxygens (including phenoxy) is 2. The molecule has 0 aliphatic carbocycles. The average Bonchev–Trinajstić information content (AvgIpc) is 2.98. The summed E-state index contributed by atoms with van der Waals surface area (Å²) in [6.07, 6.45) is -6.19. The lowest BCUT2D eigenvalue weighted by molar-refractivity contribution is -0.275. The predicted molar refractivity (Wildman–Crippen MR) is 83.1 cm³/mol. The molecule has 0 N–H and O–H groups in total. The zero-order chi connectivity index (χ0) is 18.9. The van der Waals surface area contributed by atoms with E-state index < -0.39 is 12.5 Å². The van der Waals surface area contributed by atoms with Crippen molar-refractivity contribution in [2.45, 2.75) is 26.1 Å². The van der Waals surface area contributed by atoms with Gasteiger partial charge in [-0.25, -0.2) is 4.39 Å². The molecule has 0 spiro atoms. The maximum Gasteiger partial charge on any atom is 0.573 e. The summed E-state index contributed by atoms with van der Waals surface area (Å²) >= 11 is 0. The Hall–Kier alpha value is -2.75. The van der Waals surface area contributed by atoms with Crippen LogP contribution < -0.4 is 4.74 Å². The summed E-state index contributed by atoms with van der Waals surface area (Å²) in [5.74, 6) is -0.317. The number of hydrogen-bond acceptors (Lipinski definition) is 5. The average molecular weight is 370 g/mol. The van der Waals surface area contributed by atoms with Gasteiger partial charge in [0, 0.05) is 18.2 Å². The molecule has 26 heavy (non-hydrogen) atoms. The Morgan fingerprint density at radius 2 is 1.92 bits per heavy atom. The van der Waals surface area contributed by atoms with Crippen LogP contribution in [0.4, 0.5) is 17.6 Å². The third kappa shape index (κ3) is 3.74. The van der Waals surface area contributed by atoms with Gasteiger partial charge in [-0.2, -0.15) is 9.61 Å². The number of rotatable bonds is 5. The summed E-state index contributed by atoms with van der Waals surface area (Å²) in [4.78, 5) is 0. The van der Waals surface area contributed by atoms with Crippen LogP contribution in [-0.4, -0.2) is 33.3 Å². The van der Waals surface area contributed by atoms with Gasteiger partial charge in [-0.05, 0) is 37.3 Å². The van der Waals surface area contributed by atoms with E-state index in [-0.39, 0.29) is 23.7 Å². The Kier molecular flexibility index (Phi) is 4.77. The molecule has 0 saturated heterocycles. The molecule has 2 heterocycles. The first-order chi connectivity index (χ1) is 12.3. The third-order valence-corrected chi connectivity index (χ3v) is 3.52. The number of methoxy groups -OCH3 is 1. The summed E-state index contributed by atoms with van der Waals surface area (Å²) in [6, 6.07) is 7.30. The molecule has 0 saturated carbocycles. The van der Waals surface area contributed by atoms with Crippen molar-refractivity contribution in [3.8, 4) is 17.0 Å². The van der Waals surface area contributed by atoms with Crippen molar-refractivity contribution in [1.82, 2.24) is 19.8 Å². The zero-order valence-corrected chi connectivity index (χ0v) is 13.8. The fourth-order valence-corrected chi connectivity index (χ4v) is 2.44. The molecule has 1 atom stereocenters. The maximum atomic E-state index is 13.6. The normalized spacial score (nSPS) is 13.2. The monoisotopic (exact) mass is 370 g/mol. The van der Waals surface area contributed by atoms with E-state index in [0.29, 0.717) is 16.9 Å². The molecule has 3 aromatic rings. The van der Waals surface area contributed by atoms with E-state index in [9.17, 15) is 17.6 Å². The Bertz CT molecular complexity index is 924. The van der Waals surface area contributed by atoms with Gasteiger partial charge in [0.05, 0.1) is 12.3 Å². The predicted octanol–water partition coefficient (Wildman–Crippen LogP) is 3.87. The van der Waals surface area contributed by atoms with Crippen molar-refractivity contribution in [1.29, 1.82) is 0 Å². The van der Waals surface area contributed by atoms with Crippen LogP contribution in [0.15, 0.2) is 30.3 Å². The fraction of sp³-hybridized carbons (Fsp3) is 0.312. The van der Waals surface area contributed by atoms with Gasteiger partial charge >= 0.3 is 6.36 Å². The molecule has 6 nitrogen and oxygen atoms in total. The van der Waals surface area contributed by atoms with Crippen LogP contribution in [0.25, 0.3) is 16.9 Å². The topological polar surface area (TPSA) is 61.5 Å². The number of halogens is 4. The second-order valence-corrected chi connectivity index (χ2v) is 5.47. The zero-order valence-electron chi connectivity index (χ0n) is 13.8. The molecule has 1 unspecified atom stereocenters. The van der Waals surface area contributed by atoms with Crippen LogP contribution in [0.3, 0.4) is 0 Å². The van der Waals surface area contributed by atoms with Gasteiger partial charge in [0.25, 0.3) is 0 Å². The van der Waals surface area contributed by atoms with Gasteiger partial charge in [-0.3, -0.25) is 0 Å². The van der Waals surface area contributed by atoms with Gasteiger partial charge in [-0.15, -0.1) is 23.4 Å². The quantitative estimate of drug-likeness (QED) is 0.638. The van der Waals surface area contributed by atoms with Gasteiger partial charge in [0.2, 0.25) is 0 Å². The Labute approximate surface area is 145 Å². The minimum atomic E-state index is -4.81. The van der Waals surface area contributed by atoms with Crippen LogP contribution in [0.1, 0.15) is 24.5 Å². The minimum absolute atomic E-state index is 0.0380. The second kappa shape index (κ2) is 6.87. The molecule has 0 bridgehead atoms. The van der Waals surface area contributed by atoms with E-state index >= 15 is 0 Å². The minimum Gasteiger partial charge on any atom is -0.405 e. The SMILES string of the molecule is COCc1cc(-c2ccc3nnc(C(C)F)n3n2)ccc1OC(F)(F)F. The molecule has 0 aliphatic rings. The van der Waals surface area contributed by atoms with E-state index in [0.717, 1.165) is 0 Å². The van der Waals surface area contributed by atoms with Crippen molar-refractivity contribution < 1.29 is 27.0 Å². The van der Waals surface area contributed by atoms with Crippen LogP contribution in [-0.2, 0) is 11.3 Å². The summed E-state index contributed by atoms with van der Waals surface area (Å²) in [5, 5.41) is 11.8. The van der Waals surface area contributed by atoms with Gasteiger partial charge in [-0.1, -0.05) is 0 Å². The molecule has 138 valence electrons. The number of benzene rings is 1. The van der Waals surface area contributed by atoms with Gasteiger partial charge < -0.3 is 9.47 Å². The van der Waals surface area contributed by atoms with Gasteiger partial charge in [0.15, 0.2) is 17.6 Å². The number of fused-ring (bicyclic) bond motifs is 1. The summed E-state index contributed by atoms with van der Waals surface area (Å²) in [5.41, 5.74) is 1.49. The van der Waals surface area contributed by atoms with Crippen LogP contribution >= 0.6 is 0 Å². The first kappa shape index (κ1) is 18.1. The van der Waals surface area contributed by atoms with E-state index in [1.807, 2.05) is 0 Å². The van der Waals surface area contributed by atoms with Crippen LogP contribution in [0.5, 0.6) is 5.75 Å². The molecule has 0 amide bonds. The first-order valence-electron chi connectivity index (χ1n) is 7.53. The standard InChI is InChI=1S/C16H14F4N4O2/c1-9(17)15-22-21-14-6-4-12(23-24(14)15)10-3-5-13(26-16(18,19)20)11(7-10)8-25-2/h3-7,9H,8H2,1-2H3. The maximum absolute atomic E-state index is 13.6. The lowest BCUT2D eigenvalue weighted by Crippen LogP contribution is -2.18. The van der Waals surface area contributed by atoms with Crippen molar-refractivity contribution in [3.05, 3.63) is 41.7 Å². The Balaban J connectivity index is 2.04. The summed E-state index contributed by atoms with van der Waals surface area (Å²) in [7, 11) is 1.36. The van der Waals surface area contributed by atoms with E-state index in [1.54, 1.807) is 12.1 Å². The molecule has 1 aromatic carbocycles. The lowest BCUT2D eigenvalue weighted by Gasteiger charge is -2.14. The molecule has 0 aliphatic heterocycles. The molecular weight excluding hydrogens is 356 g/mol. The molecule has 0 fully saturated rings. The molecule has 3 rings (SSSR count). The smallest absolute Gasteiger partial charge is 0.405 e. The highest BCUT2D eigenvalue weighted by molar-refractivity contribution is 5.63. The van der Waals surface area contributed by atoms with Crippen molar-refractivity contribution in [2.24, 2.45) is 0 Å². The van der Waals surface area contributed by atoms with Crippen molar-refractivity contribution in [3.63, 3.8) is 0 Å². The molecular formula is C16H14F4N4O2. The number of alkyl halides is 4. The highest BCUT2D eigenvalue weighted by Crippen LogP contribution is 2.31. The Morgan fingerprint density at radius 3 is 2.58 bits per heavy atom. The van der Waals surface area contributed by atoms with E-state index in [1.165, 1.54) is 36.7 Å². The Morgan fingerprint density at radius 1 is 1.15 bits per heavy atom. The molecule has 0 radical (unpaired) electrons. The number of hydrogen-bond donors (Lipinski definition) is 0. The van der Waals surface area contributed by atoms with Crippen molar-refractivity contribution in [2.75, 3.05) is 7.11 Å². The second-order valence-electron chi connectivity index (χ2n) is 5.47. The lowest BCUT2D eigenvalue weighted by atomic mass is 10.1. The van der Waals surface area contributed by atoms with Gasteiger partial charge in [0.1, 0.15) is 5.75 Å².